The summed E-state index contributed by atoms with van der Waals surface area (Å²) in [6.07, 6.45) is 6.40. The lowest BCUT2D eigenvalue weighted by atomic mass is 9.72. The van der Waals surface area contributed by atoms with Crippen molar-refractivity contribution in [2.75, 3.05) is 0 Å². The standard InChI is InChI=1S/C14H22ClNS/c1-10(2)9-14(6-3-4-7-14)13(16)12-11(15)5-8-17-12/h5,8,10,13H,3-4,6-7,9,16H2,1-2H3. The summed E-state index contributed by atoms with van der Waals surface area (Å²) in [5, 5.41) is 2.91. The minimum atomic E-state index is 0.125. The quantitative estimate of drug-likeness (QED) is 0.819. The molecule has 2 rings (SSSR count). The van der Waals surface area contributed by atoms with Crippen LogP contribution in [0.5, 0.6) is 0 Å². The van der Waals surface area contributed by atoms with Crippen LogP contribution in [-0.2, 0) is 0 Å². The molecule has 1 fully saturated rings. The normalized spacial score (nSPS) is 21.0. The van der Waals surface area contributed by atoms with Gasteiger partial charge in [-0.05, 0) is 42.0 Å². The van der Waals surface area contributed by atoms with Crippen molar-refractivity contribution in [3.05, 3.63) is 21.3 Å². The predicted octanol–water partition coefficient (Wildman–Crippen LogP) is 5.01. The van der Waals surface area contributed by atoms with Crippen LogP contribution in [0.2, 0.25) is 5.02 Å². The van der Waals surface area contributed by atoms with E-state index in [-0.39, 0.29) is 6.04 Å². The van der Waals surface area contributed by atoms with Gasteiger partial charge in [0.25, 0.3) is 0 Å². The van der Waals surface area contributed by atoms with E-state index in [1.165, 1.54) is 37.0 Å². The molecule has 0 aromatic carbocycles. The van der Waals surface area contributed by atoms with Crippen molar-refractivity contribution in [2.45, 2.75) is 52.0 Å². The minimum Gasteiger partial charge on any atom is -0.323 e. The van der Waals surface area contributed by atoms with Gasteiger partial charge < -0.3 is 5.73 Å². The SMILES string of the molecule is CC(C)CC1(C(N)c2sccc2Cl)CCCC1. The molecule has 0 radical (unpaired) electrons. The third-order valence-electron chi connectivity index (χ3n) is 4.00. The minimum absolute atomic E-state index is 0.125. The molecular weight excluding hydrogens is 250 g/mol. The van der Waals surface area contributed by atoms with Gasteiger partial charge in [-0.25, -0.2) is 0 Å². The molecule has 0 saturated heterocycles. The summed E-state index contributed by atoms with van der Waals surface area (Å²) < 4.78 is 0. The summed E-state index contributed by atoms with van der Waals surface area (Å²) in [6.45, 7) is 4.59. The Kier molecular flexibility index (Phi) is 4.17. The lowest BCUT2D eigenvalue weighted by Gasteiger charge is -2.36. The Bertz CT molecular complexity index is 366. The smallest absolute Gasteiger partial charge is 0.0561 e. The summed E-state index contributed by atoms with van der Waals surface area (Å²) in [4.78, 5) is 1.19. The summed E-state index contributed by atoms with van der Waals surface area (Å²) in [6, 6.07) is 2.10. The van der Waals surface area contributed by atoms with Crippen LogP contribution in [-0.4, -0.2) is 0 Å². The van der Waals surface area contributed by atoms with Gasteiger partial charge in [0.15, 0.2) is 0 Å². The highest BCUT2D eigenvalue weighted by atomic mass is 35.5. The van der Waals surface area contributed by atoms with Gasteiger partial charge in [-0.2, -0.15) is 0 Å². The molecule has 1 nitrogen and oxygen atoms in total. The van der Waals surface area contributed by atoms with Crippen LogP contribution in [0.4, 0.5) is 0 Å². The van der Waals surface area contributed by atoms with E-state index in [9.17, 15) is 0 Å². The van der Waals surface area contributed by atoms with Crippen molar-refractivity contribution in [1.82, 2.24) is 0 Å². The fraction of sp³-hybridized carbons (Fsp3) is 0.714. The molecular formula is C14H22ClNS. The fourth-order valence-corrected chi connectivity index (χ4v) is 4.66. The number of rotatable bonds is 4. The largest absolute Gasteiger partial charge is 0.323 e. The molecule has 17 heavy (non-hydrogen) atoms. The van der Waals surface area contributed by atoms with Gasteiger partial charge >= 0.3 is 0 Å². The van der Waals surface area contributed by atoms with E-state index in [4.69, 9.17) is 17.3 Å². The third kappa shape index (κ3) is 2.69. The number of hydrogen-bond donors (Lipinski definition) is 1. The van der Waals surface area contributed by atoms with E-state index in [0.29, 0.717) is 11.3 Å². The van der Waals surface area contributed by atoms with Gasteiger partial charge in [0.2, 0.25) is 0 Å². The summed E-state index contributed by atoms with van der Waals surface area (Å²) in [5.41, 5.74) is 6.85. The number of hydrogen-bond acceptors (Lipinski definition) is 2. The van der Waals surface area contributed by atoms with Gasteiger partial charge in [0, 0.05) is 10.9 Å². The molecule has 96 valence electrons. The van der Waals surface area contributed by atoms with Crippen molar-refractivity contribution >= 4 is 22.9 Å². The average Bonchev–Trinajstić information content (AvgIpc) is 2.86. The van der Waals surface area contributed by atoms with E-state index in [0.717, 1.165) is 5.02 Å². The van der Waals surface area contributed by atoms with Crippen molar-refractivity contribution in [2.24, 2.45) is 17.1 Å². The second-order valence-electron chi connectivity index (χ2n) is 5.78. The van der Waals surface area contributed by atoms with Gasteiger partial charge in [-0.3, -0.25) is 0 Å². The zero-order valence-corrected chi connectivity index (χ0v) is 12.3. The molecule has 0 bridgehead atoms. The molecule has 0 spiro atoms. The van der Waals surface area contributed by atoms with Crippen molar-refractivity contribution in [1.29, 1.82) is 0 Å². The average molecular weight is 272 g/mol. The molecule has 1 heterocycles. The fourth-order valence-electron chi connectivity index (χ4n) is 3.34. The first kappa shape index (κ1) is 13.4. The van der Waals surface area contributed by atoms with E-state index in [2.05, 4.69) is 19.2 Å². The van der Waals surface area contributed by atoms with Gasteiger partial charge in [0.1, 0.15) is 0 Å². The van der Waals surface area contributed by atoms with Crippen LogP contribution in [0.25, 0.3) is 0 Å². The molecule has 1 atom stereocenters. The van der Waals surface area contributed by atoms with Crippen molar-refractivity contribution in [3.63, 3.8) is 0 Å². The zero-order chi connectivity index (χ0) is 12.5. The van der Waals surface area contributed by atoms with Crippen LogP contribution < -0.4 is 5.73 Å². The second-order valence-corrected chi connectivity index (χ2v) is 7.13. The van der Waals surface area contributed by atoms with Crippen molar-refractivity contribution in [3.8, 4) is 0 Å². The Morgan fingerprint density at radius 2 is 2.06 bits per heavy atom. The Labute approximate surface area is 113 Å². The lowest BCUT2D eigenvalue weighted by molar-refractivity contribution is 0.186. The van der Waals surface area contributed by atoms with Gasteiger partial charge in [0.05, 0.1) is 5.02 Å². The topological polar surface area (TPSA) is 26.0 Å². The molecule has 1 aliphatic rings. The molecule has 3 heteroatoms. The predicted molar refractivity (Wildman–Crippen MR) is 76.6 cm³/mol. The Morgan fingerprint density at radius 1 is 1.41 bits per heavy atom. The molecule has 1 saturated carbocycles. The van der Waals surface area contributed by atoms with Crippen LogP contribution in [0.3, 0.4) is 0 Å². The molecule has 1 unspecified atom stereocenters. The molecule has 1 aliphatic carbocycles. The van der Waals surface area contributed by atoms with Gasteiger partial charge in [-0.1, -0.05) is 38.3 Å². The molecule has 0 amide bonds. The highest BCUT2D eigenvalue weighted by molar-refractivity contribution is 7.10. The van der Waals surface area contributed by atoms with Gasteiger partial charge in [-0.15, -0.1) is 11.3 Å². The van der Waals surface area contributed by atoms with E-state index < -0.39 is 0 Å². The Balaban J connectivity index is 2.24. The molecule has 0 aliphatic heterocycles. The van der Waals surface area contributed by atoms with E-state index in [1.807, 2.05) is 6.07 Å². The zero-order valence-electron chi connectivity index (χ0n) is 10.7. The monoisotopic (exact) mass is 271 g/mol. The number of nitrogens with two attached hydrogens (primary N) is 1. The third-order valence-corrected chi connectivity index (χ3v) is 5.44. The van der Waals surface area contributed by atoms with Crippen LogP contribution in [0.1, 0.15) is 56.9 Å². The Hall–Kier alpha value is -0.0500. The maximum atomic E-state index is 6.55. The highest BCUT2D eigenvalue weighted by Gasteiger charge is 2.41. The first-order chi connectivity index (χ1) is 8.05. The summed E-state index contributed by atoms with van der Waals surface area (Å²) >= 11 is 7.96. The summed E-state index contributed by atoms with van der Waals surface area (Å²) in [7, 11) is 0. The van der Waals surface area contributed by atoms with E-state index in [1.54, 1.807) is 11.3 Å². The maximum absolute atomic E-state index is 6.55. The van der Waals surface area contributed by atoms with Crippen LogP contribution in [0.15, 0.2) is 11.4 Å². The number of halogens is 1. The lowest BCUT2D eigenvalue weighted by Crippen LogP contribution is -2.33. The Morgan fingerprint density at radius 3 is 2.53 bits per heavy atom. The van der Waals surface area contributed by atoms with E-state index >= 15 is 0 Å². The summed E-state index contributed by atoms with van der Waals surface area (Å²) in [5.74, 6) is 0.706. The second kappa shape index (κ2) is 5.29. The van der Waals surface area contributed by atoms with Crippen LogP contribution >= 0.6 is 22.9 Å². The molecule has 1 aromatic rings. The molecule has 2 N–H and O–H groups in total. The first-order valence-electron chi connectivity index (χ1n) is 6.54. The first-order valence-corrected chi connectivity index (χ1v) is 7.79. The van der Waals surface area contributed by atoms with Crippen molar-refractivity contribution < 1.29 is 0 Å². The maximum Gasteiger partial charge on any atom is 0.0561 e. The molecule has 1 aromatic heterocycles. The van der Waals surface area contributed by atoms with Crippen LogP contribution in [0, 0.1) is 11.3 Å². The number of thiophene rings is 1. The highest BCUT2D eigenvalue weighted by Crippen LogP contribution is 2.52.